The topological polar surface area (TPSA) is 9.23 Å². The summed E-state index contributed by atoms with van der Waals surface area (Å²) in [6.07, 6.45) is 5.31. The monoisotopic (exact) mass is 390 g/mol. The van der Waals surface area contributed by atoms with Gasteiger partial charge in [0.2, 0.25) is 0 Å². The summed E-state index contributed by atoms with van der Waals surface area (Å²) in [6, 6.07) is 19.2. The largest absolute Gasteiger partial charge is 0.375 e. The van der Waals surface area contributed by atoms with E-state index in [2.05, 4.69) is 44.2 Å². The Morgan fingerprint density at radius 3 is 1.76 bits per heavy atom. The minimum absolute atomic E-state index is 0.0791. The van der Waals surface area contributed by atoms with Gasteiger partial charge in [0.05, 0.1) is 12.2 Å². The van der Waals surface area contributed by atoms with Crippen molar-refractivity contribution in [3.63, 3.8) is 0 Å². The zero-order chi connectivity index (χ0) is 20.4. The molecule has 0 N–H and O–H groups in total. The van der Waals surface area contributed by atoms with E-state index in [4.69, 9.17) is 4.74 Å². The van der Waals surface area contributed by atoms with Gasteiger partial charge in [-0.3, -0.25) is 0 Å². The third kappa shape index (κ3) is 4.80. The molecule has 1 atom stereocenters. The highest BCUT2D eigenvalue weighted by molar-refractivity contribution is 5.77. The summed E-state index contributed by atoms with van der Waals surface area (Å²) >= 11 is 0. The van der Waals surface area contributed by atoms with Crippen LogP contribution >= 0.6 is 0 Å². The zero-order valence-corrected chi connectivity index (χ0v) is 16.7. The van der Waals surface area contributed by atoms with E-state index >= 15 is 0 Å². The van der Waals surface area contributed by atoms with Gasteiger partial charge in [-0.05, 0) is 90.6 Å². The van der Waals surface area contributed by atoms with Crippen molar-refractivity contribution in [1.82, 2.24) is 0 Å². The highest BCUT2D eigenvalue weighted by Crippen LogP contribution is 2.32. The molecule has 0 aliphatic carbocycles. The van der Waals surface area contributed by atoms with Crippen LogP contribution in [0.25, 0.3) is 28.3 Å². The first-order chi connectivity index (χ1) is 13.9. The molecule has 3 aromatic rings. The molecule has 29 heavy (non-hydrogen) atoms. The van der Waals surface area contributed by atoms with Crippen molar-refractivity contribution in [2.75, 3.05) is 6.61 Å². The van der Waals surface area contributed by atoms with Crippen LogP contribution in [0.15, 0.2) is 72.8 Å². The molecule has 0 amide bonds. The van der Waals surface area contributed by atoms with Gasteiger partial charge in [-0.2, -0.15) is 0 Å². The van der Waals surface area contributed by atoms with Gasteiger partial charge in [0.25, 0.3) is 0 Å². The molecule has 4 rings (SSSR count). The maximum absolute atomic E-state index is 13.4. The lowest BCUT2D eigenvalue weighted by Gasteiger charge is -2.15. The van der Waals surface area contributed by atoms with Crippen LogP contribution < -0.4 is 0 Å². The second kappa shape index (κ2) is 7.92. The van der Waals surface area contributed by atoms with Gasteiger partial charge in [-0.25, -0.2) is 8.78 Å². The van der Waals surface area contributed by atoms with Crippen molar-refractivity contribution in [3.05, 3.63) is 90.0 Å². The van der Waals surface area contributed by atoms with Crippen molar-refractivity contribution in [2.24, 2.45) is 5.92 Å². The summed E-state index contributed by atoms with van der Waals surface area (Å²) in [5, 5.41) is 0. The Hall–Kier alpha value is -2.78. The van der Waals surface area contributed by atoms with Gasteiger partial charge < -0.3 is 4.74 Å². The van der Waals surface area contributed by atoms with E-state index in [-0.39, 0.29) is 17.2 Å². The smallest absolute Gasteiger partial charge is 0.123 e. The molecule has 148 valence electrons. The summed E-state index contributed by atoms with van der Waals surface area (Å²) < 4.78 is 32.6. The van der Waals surface area contributed by atoms with Gasteiger partial charge in [0.1, 0.15) is 11.6 Å². The molecule has 1 saturated heterocycles. The lowest BCUT2D eigenvalue weighted by Crippen LogP contribution is -2.16. The Kier molecular flexibility index (Phi) is 5.33. The Balaban J connectivity index is 1.71. The van der Waals surface area contributed by atoms with Gasteiger partial charge in [-0.1, -0.05) is 36.4 Å². The fourth-order valence-corrected chi connectivity index (χ4v) is 3.82. The fourth-order valence-electron chi connectivity index (χ4n) is 3.82. The number of hydrogen-bond acceptors (Lipinski definition) is 1. The number of ether oxygens (including phenoxy) is 1. The quantitative estimate of drug-likeness (QED) is 0.460. The minimum atomic E-state index is -0.257. The molecule has 0 radical (unpaired) electrons. The van der Waals surface area contributed by atoms with Gasteiger partial charge >= 0.3 is 0 Å². The Bertz CT molecular complexity index is 954. The Morgan fingerprint density at radius 2 is 1.31 bits per heavy atom. The molecule has 0 bridgehead atoms. The van der Waals surface area contributed by atoms with Crippen molar-refractivity contribution in [1.29, 1.82) is 0 Å². The molecule has 1 aliphatic heterocycles. The van der Waals surface area contributed by atoms with E-state index in [0.717, 1.165) is 40.8 Å². The molecular formula is C26H24F2O. The van der Waals surface area contributed by atoms with Crippen LogP contribution in [0, 0.1) is 17.6 Å². The normalized spacial score (nSPS) is 18.4. The maximum Gasteiger partial charge on any atom is 0.123 e. The standard InChI is InChI=1S/C26H24F2O/c1-26(2)16-19(17-29-26)4-3-18-13-22(20-5-9-24(27)10-6-20)15-23(14-18)21-7-11-25(28)12-8-21/h3-15,19H,16-17H2,1-2H3/b4-3+/t19-/m0/s1. The fraction of sp³-hybridized carbons (Fsp3) is 0.231. The van der Waals surface area contributed by atoms with Crippen molar-refractivity contribution in [2.45, 2.75) is 25.9 Å². The highest BCUT2D eigenvalue weighted by atomic mass is 19.1. The van der Waals surface area contributed by atoms with Crippen LogP contribution in [-0.4, -0.2) is 12.2 Å². The number of halogens is 2. The predicted octanol–water partition coefficient (Wildman–Crippen LogP) is 7.13. The zero-order valence-electron chi connectivity index (χ0n) is 16.7. The molecule has 0 unspecified atom stereocenters. The summed E-state index contributed by atoms with van der Waals surface area (Å²) in [5.41, 5.74) is 4.84. The van der Waals surface area contributed by atoms with Crippen LogP contribution in [0.5, 0.6) is 0 Å². The summed E-state index contributed by atoms with van der Waals surface area (Å²) in [7, 11) is 0. The third-order valence-electron chi connectivity index (χ3n) is 5.31. The number of rotatable bonds is 4. The molecule has 0 spiro atoms. The summed E-state index contributed by atoms with van der Waals surface area (Å²) in [6.45, 7) is 4.96. The molecule has 1 nitrogen and oxygen atoms in total. The first-order valence-electron chi connectivity index (χ1n) is 9.87. The summed E-state index contributed by atoms with van der Waals surface area (Å²) in [5.74, 6) is -0.131. The maximum atomic E-state index is 13.4. The molecule has 1 heterocycles. The van der Waals surface area contributed by atoms with Crippen LogP contribution in [0.3, 0.4) is 0 Å². The Labute approximate surface area is 170 Å². The average Bonchev–Trinajstić information content (AvgIpc) is 3.06. The molecule has 1 aliphatic rings. The molecule has 0 aromatic heterocycles. The van der Waals surface area contributed by atoms with Crippen molar-refractivity contribution < 1.29 is 13.5 Å². The Morgan fingerprint density at radius 1 is 0.793 bits per heavy atom. The molecule has 1 fully saturated rings. The van der Waals surface area contributed by atoms with E-state index in [1.807, 2.05) is 0 Å². The molecule has 0 saturated carbocycles. The van der Waals surface area contributed by atoms with E-state index in [1.165, 1.54) is 24.3 Å². The molecule has 3 heteroatoms. The van der Waals surface area contributed by atoms with Crippen LogP contribution in [-0.2, 0) is 4.74 Å². The van der Waals surface area contributed by atoms with E-state index < -0.39 is 0 Å². The lowest BCUT2D eigenvalue weighted by molar-refractivity contribution is 0.0357. The predicted molar refractivity (Wildman–Crippen MR) is 114 cm³/mol. The first-order valence-corrected chi connectivity index (χ1v) is 9.87. The van der Waals surface area contributed by atoms with Crippen molar-refractivity contribution >= 4 is 6.08 Å². The second-order valence-corrected chi connectivity index (χ2v) is 8.25. The van der Waals surface area contributed by atoms with Crippen LogP contribution in [0.4, 0.5) is 8.78 Å². The van der Waals surface area contributed by atoms with Crippen molar-refractivity contribution in [3.8, 4) is 22.3 Å². The minimum Gasteiger partial charge on any atom is -0.375 e. The number of benzene rings is 3. The average molecular weight is 390 g/mol. The van der Waals surface area contributed by atoms with Gasteiger partial charge in [0, 0.05) is 5.92 Å². The number of hydrogen-bond donors (Lipinski definition) is 0. The van der Waals surface area contributed by atoms with Gasteiger partial charge in [-0.15, -0.1) is 0 Å². The van der Waals surface area contributed by atoms with Crippen LogP contribution in [0.1, 0.15) is 25.8 Å². The molecular weight excluding hydrogens is 366 g/mol. The molecule has 3 aromatic carbocycles. The SMILES string of the molecule is CC1(C)C[C@H](/C=C/c2cc(-c3ccc(F)cc3)cc(-c3ccc(F)cc3)c2)CO1. The third-order valence-corrected chi connectivity index (χ3v) is 5.31. The first kappa shape index (κ1) is 19.5. The van der Waals surface area contributed by atoms with Gasteiger partial charge in [0.15, 0.2) is 0 Å². The lowest BCUT2D eigenvalue weighted by atomic mass is 9.94. The van der Waals surface area contributed by atoms with Crippen LogP contribution in [0.2, 0.25) is 0 Å². The second-order valence-electron chi connectivity index (χ2n) is 8.25. The highest BCUT2D eigenvalue weighted by Gasteiger charge is 2.30. The van der Waals surface area contributed by atoms with E-state index in [0.29, 0.717) is 5.92 Å². The van der Waals surface area contributed by atoms with E-state index in [9.17, 15) is 8.78 Å². The summed E-state index contributed by atoms with van der Waals surface area (Å²) in [4.78, 5) is 0. The van der Waals surface area contributed by atoms with E-state index in [1.54, 1.807) is 24.3 Å².